The maximum atomic E-state index is 11.8. The summed E-state index contributed by atoms with van der Waals surface area (Å²) in [5.41, 5.74) is 1.26. The SMILES string of the molecule is CC1(C)[C@H](C(=O)O)[C@@H]1C(=O)NCc1cncs1. The minimum Gasteiger partial charge on any atom is -0.481 e. The van der Waals surface area contributed by atoms with Gasteiger partial charge in [-0.1, -0.05) is 13.8 Å². The highest BCUT2D eigenvalue weighted by molar-refractivity contribution is 7.09. The highest BCUT2D eigenvalue weighted by atomic mass is 32.1. The van der Waals surface area contributed by atoms with Gasteiger partial charge in [0.25, 0.3) is 0 Å². The molecule has 2 rings (SSSR count). The molecule has 0 aliphatic heterocycles. The quantitative estimate of drug-likeness (QED) is 0.843. The predicted molar refractivity (Wildman–Crippen MR) is 62.4 cm³/mol. The molecule has 1 amide bonds. The number of carbonyl (C=O) groups excluding carboxylic acids is 1. The van der Waals surface area contributed by atoms with Gasteiger partial charge in [0, 0.05) is 11.1 Å². The van der Waals surface area contributed by atoms with Crippen molar-refractivity contribution in [3.05, 3.63) is 16.6 Å². The van der Waals surface area contributed by atoms with Gasteiger partial charge >= 0.3 is 5.97 Å². The lowest BCUT2D eigenvalue weighted by atomic mass is 10.1. The second-order valence-electron chi connectivity index (χ2n) is 4.80. The van der Waals surface area contributed by atoms with Crippen LogP contribution in [-0.4, -0.2) is 22.0 Å². The number of amides is 1. The van der Waals surface area contributed by atoms with Crippen molar-refractivity contribution in [3.8, 4) is 0 Å². The third-order valence-corrected chi connectivity index (χ3v) is 4.08. The molecule has 1 heterocycles. The maximum Gasteiger partial charge on any atom is 0.307 e. The molecule has 1 aliphatic rings. The Morgan fingerprint density at radius 2 is 2.24 bits per heavy atom. The second kappa shape index (κ2) is 4.10. The molecule has 2 atom stereocenters. The summed E-state index contributed by atoms with van der Waals surface area (Å²) in [6.45, 7) is 4.04. The Morgan fingerprint density at radius 1 is 1.53 bits per heavy atom. The third-order valence-electron chi connectivity index (χ3n) is 3.30. The maximum absolute atomic E-state index is 11.8. The number of nitrogens with zero attached hydrogens (tertiary/aromatic N) is 1. The lowest BCUT2D eigenvalue weighted by Crippen LogP contribution is -2.26. The molecule has 0 radical (unpaired) electrons. The molecule has 92 valence electrons. The van der Waals surface area contributed by atoms with Crippen molar-refractivity contribution < 1.29 is 14.7 Å². The molecular weight excluding hydrogens is 240 g/mol. The average Bonchev–Trinajstić information content (AvgIpc) is 2.65. The molecule has 0 saturated heterocycles. The summed E-state index contributed by atoms with van der Waals surface area (Å²) in [5.74, 6) is -2.07. The van der Waals surface area contributed by atoms with E-state index in [4.69, 9.17) is 5.11 Å². The van der Waals surface area contributed by atoms with Gasteiger partial charge in [0.15, 0.2) is 0 Å². The van der Waals surface area contributed by atoms with Crippen molar-refractivity contribution in [2.24, 2.45) is 17.3 Å². The van der Waals surface area contributed by atoms with Gasteiger partial charge in [0.2, 0.25) is 5.91 Å². The van der Waals surface area contributed by atoms with Crippen LogP contribution in [-0.2, 0) is 16.1 Å². The molecule has 0 unspecified atom stereocenters. The molecular formula is C11H14N2O3S. The van der Waals surface area contributed by atoms with Crippen LogP contribution >= 0.6 is 11.3 Å². The highest BCUT2D eigenvalue weighted by Gasteiger charge is 2.65. The number of carbonyl (C=O) groups is 2. The van der Waals surface area contributed by atoms with Crippen LogP contribution in [0.25, 0.3) is 0 Å². The zero-order chi connectivity index (χ0) is 12.6. The van der Waals surface area contributed by atoms with Crippen molar-refractivity contribution in [2.45, 2.75) is 20.4 Å². The summed E-state index contributed by atoms with van der Waals surface area (Å²) in [7, 11) is 0. The molecule has 0 aromatic carbocycles. The van der Waals surface area contributed by atoms with Crippen LogP contribution in [0.4, 0.5) is 0 Å². The van der Waals surface area contributed by atoms with Crippen LogP contribution in [0, 0.1) is 17.3 Å². The van der Waals surface area contributed by atoms with E-state index < -0.39 is 23.2 Å². The number of aromatic nitrogens is 1. The molecule has 0 spiro atoms. The van der Waals surface area contributed by atoms with Crippen LogP contribution in [0.15, 0.2) is 11.7 Å². The van der Waals surface area contributed by atoms with E-state index in [0.717, 1.165) is 4.88 Å². The van der Waals surface area contributed by atoms with E-state index in [1.807, 2.05) is 13.8 Å². The summed E-state index contributed by atoms with van der Waals surface area (Å²) < 4.78 is 0. The average molecular weight is 254 g/mol. The second-order valence-corrected chi connectivity index (χ2v) is 5.77. The fourth-order valence-corrected chi connectivity index (χ4v) is 2.74. The number of aliphatic carboxylic acids is 1. The number of carboxylic acids is 1. The number of thiazole rings is 1. The molecule has 1 aromatic heterocycles. The van der Waals surface area contributed by atoms with Crippen LogP contribution < -0.4 is 5.32 Å². The van der Waals surface area contributed by atoms with E-state index in [2.05, 4.69) is 10.3 Å². The Balaban J connectivity index is 1.92. The molecule has 1 fully saturated rings. The van der Waals surface area contributed by atoms with Gasteiger partial charge in [-0.25, -0.2) is 0 Å². The van der Waals surface area contributed by atoms with Crippen LogP contribution in [0.1, 0.15) is 18.7 Å². The Morgan fingerprint density at radius 3 is 2.71 bits per heavy atom. The minimum atomic E-state index is -0.895. The minimum absolute atomic E-state index is 0.184. The van der Waals surface area contributed by atoms with Crippen LogP contribution in [0.5, 0.6) is 0 Å². The van der Waals surface area contributed by atoms with Crippen LogP contribution in [0.2, 0.25) is 0 Å². The number of hydrogen-bond donors (Lipinski definition) is 2. The van der Waals surface area contributed by atoms with Gasteiger partial charge in [-0.15, -0.1) is 11.3 Å². The summed E-state index contributed by atoms with van der Waals surface area (Å²) in [5, 5.41) is 11.7. The zero-order valence-corrected chi connectivity index (χ0v) is 10.5. The fourth-order valence-electron chi connectivity index (χ4n) is 2.20. The first-order valence-corrected chi connectivity index (χ1v) is 6.20. The number of nitrogens with one attached hydrogen (secondary N) is 1. The van der Waals surface area contributed by atoms with Crippen molar-refractivity contribution >= 4 is 23.2 Å². The Kier molecular flexibility index (Phi) is 2.91. The first-order valence-electron chi connectivity index (χ1n) is 5.32. The highest BCUT2D eigenvalue weighted by Crippen LogP contribution is 2.58. The van der Waals surface area contributed by atoms with Crippen molar-refractivity contribution in [3.63, 3.8) is 0 Å². The first-order chi connectivity index (χ1) is 7.94. The topological polar surface area (TPSA) is 79.3 Å². The fraction of sp³-hybridized carbons (Fsp3) is 0.545. The molecule has 5 nitrogen and oxygen atoms in total. The molecule has 17 heavy (non-hydrogen) atoms. The number of carboxylic acid groups (broad SMARTS) is 1. The molecule has 0 bridgehead atoms. The van der Waals surface area contributed by atoms with E-state index in [0.29, 0.717) is 6.54 Å². The summed E-state index contributed by atoms with van der Waals surface area (Å²) in [6, 6.07) is 0. The van der Waals surface area contributed by atoms with Gasteiger partial charge in [0.05, 0.1) is 23.9 Å². The van der Waals surface area contributed by atoms with Crippen molar-refractivity contribution in [2.75, 3.05) is 0 Å². The number of rotatable bonds is 4. The normalized spacial score (nSPS) is 25.3. The van der Waals surface area contributed by atoms with Crippen molar-refractivity contribution in [1.29, 1.82) is 0 Å². The summed E-state index contributed by atoms with van der Waals surface area (Å²) in [6.07, 6.45) is 1.69. The summed E-state index contributed by atoms with van der Waals surface area (Å²) >= 11 is 1.46. The van der Waals surface area contributed by atoms with E-state index in [1.54, 1.807) is 11.7 Å². The monoisotopic (exact) mass is 254 g/mol. The Bertz CT molecular complexity index is 442. The molecule has 1 saturated carbocycles. The van der Waals surface area contributed by atoms with E-state index >= 15 is 0 Å². The molecule has 6 heteroatoms. The van der Waals surface area contributed by atoms with Gasteiger partial charge in [0.1, 0.15) is 0 Å². The molecule has 1 aliphatic carbocycles. The smallest absolute Gasteiger partial charge is 0.307 e. The Hall–Kier alpha value is -1.43. The third kappa shape index (κ3) is 2.17. The van der Waals surface area contributed by atoms with E-state index in [1.165, 1.54) is 11.3 Å². The van der Waals surface area contributed by atoms with Crippen LogP contribution in [0.3, 0.4) is 0 Å². The standard InChI is InChI=1S/C11H14N2O3S/c1-11(2)7(8(11)10(15)16)9(14)13-4-6-3-12-5-17-6/h3,5,7-8H,4H2,1-2H3,(H,13,14)(H,15,16)/t7-,8+/m1/s1. The lowest BCUT2D eigenvalue weighted by molar-refractivity contribution is -0.140. The van der Waals surface area contributed by atoms with Gasteiger partial charge in [-0.2, -0.15) is 0 Å². The van der Waals surface area contributed by atoms with Gasteiger partial charge < -0.3 is 10.4 Å². The zero-order valence-electron chi connectivity index (χ0n) is 9.64. The number of hydrogen-bond acceptors (Lipinski definition) is 4. The molecule has 2 N–H and O–H groups in total. The lowest BCUT2D eigenvalue weighted by Gasteiger charge is -2.03. The van der Waals surface area contributed by atoms with E-state index in [-0.39, 0.29) is 5.91 Å². The predicted octanol–water partition coefficient (Wildman–Crippen LogP) is 1.12. The summed E-state index contributed by atoms with van der Waals surface area (Å²) in [4.78, 5) is 27.6. The Labute approximate surface area is 103 Å². The van der Waals surface area contributed by atoms with Gasteiger partial charge in [-0.05, 0) is 5.41 Å². The first kappa shape index (κ1) is 12.0. The largest absolute Gasteiger partial charge is 0.481 e. The van der Waals surface area contributed by atoms with Gasteiger partial charge in [-0.3, -0.25) is 14.6 Å². The molecule has 1 aromatic rings. The van der Waals surface area contributed by atoms with E-state index in [9.17, 15) is 9.59 Å². The van der Waals surface area contributed by atoms with Crippen molar-refractivity contribution in [1.82, 2.24) is 10.3 Å².